The fourth-order valence-electron chi connectivity index (χ4n) is 1.71. The number of pyridine rings is 1. The Hall–Kier alpha value is -2.02. The predicted octanol–water partition coefficient (Wildman–Crippen LogP) is 3.32. The van der Waals surface area contributed by atoms with Crippen molar-refractivity contribution in [2.45, 2.75) is 26.3 Å². The van der Waals surface area contributed by atoms with Gasteiger partial charge in [0.1, 0.15) is 10.8 Å². The Kier molecular flexibility index (Phi) is 4.06. The zero-order valence-electron chi connectivity index (χ0n) is 10.7. The van der Waals surface area contributed by atoms with Crippen LogP contribution in [0.1, 0.15) is 30.0 Å². The molecule has 0 bridgehead atoms. The molecule has 0 aliphatic rings. The molecule has 2 aromatic rings. The van der Waals surface area contributed by atoms with E-state index in [1.165, 1.54) is 12.3 Å². The van der Waals surface area contributed by atoms with Crippen LogP contribution in [-0.2, 0) is 0 Å². The Bertz CT molecular complexity index is 571. The first kappa shape index (κ1) is 13.4. The monoisotopic (exact) mass is 278 g/mol. The molecule has 100 valence electrons. The number of rotatable bonds is 5. The van der Waals surface area contributed by atoms with Crippen LogP contribution >= 0.6 is 11.3 Å². The summed E-state index contributed by atoms with van der Waals surface area (Å²) in [4.78, 5) is 18.9. The number of anilines is 1. The smallest absolute Gasteiger partial charge is 0.277 e. The number of nitrogens with one attached hydrogen (secondary N) is 1. The van der Waals surface area contributed by atoms with Crippen LogP contribution in [0.2, 0.25) is 0 Å². The average Bonchev–Trinajstić information content (AvgIpc) is 2.91. The van der Waals surface area contributed by atoms with Crippen LogP contribution in [0.4, 0.5) is 11.5 Å². The molecule has 2 aromatic heterocycles. The Morgan fingerprint density at radius 3 is 2.89 bits per heavy atom. The van der Waals surface area contributed by atoms with Crippen molar-refractivity contribution in [3.05, 3.63) is 44.5 Å². The zero-order chi connectivity index (χ0) is 13.8. The van der Waals surface area contributed by atoms with Gasteiger partial charge in [-0.25, -0.2) is 9.97 Å². The van der Waals surface area contributed by atoms with Gasteiger partial charge in [0.25, 0.3) is 5.69 Å². The Morgan fingerprint density at radius 1 is 1.53 bits per heavy atom. The highest BCUT2D eigenvalue weighted by Gasteiger charge is 2.16. The number of nitro groups is 1. The van der Waals surface area contributed by atoms with Crippen molar-refractivity contribution in [1.82, 2.24) is 9.97 Å². The first-order valence-electron chi connectivity index (χ1n) is 5.88. The summed E-state index contributed by atoms with van der Waals surface area (Å²) in [7, 11) is 0. The van der Waals surface area contributed by atoms with Crippen molar-refractivity contribution in [3.8, 4) is 0 Å². The number of thiazole rings is 1. The van der Waals surface area contributed by atoms with E-state index in [9.17, 15) is 10.1 Å². The molecule has 0 spiro atoms. The van der Waals surface area contributed by atoms with Crippen LogP contribution in [0.25, 0.3) is 0 Å². The third-order valence-electron chi connectivity index (χ3n) is 2.75. The van der Waals surface area contributed by atoms with Gasteiger partial charge in [0, 0.05) is 23.3 Å². The summed E-state index contributed by atoms with van der Waals surface area (Å²) >= 11 is 1.55. The van der Waals surface area contributed by atoms with E-state index >= 15 is 0 Å². The van der Waals surface area contributed by atoms with E-state index in [1.807, 2.05) is 12.3 Å². The second kappa shape index (κ2) is 5.75. The van der Waals surface area contributed by atoms with Crippen molar-refractivity contribution < 1.29 is 4.92 Å². The van der Waals surface area contributed by atoms with Gasteiger partial charge in [-0.15, -0.1) is 11.3 Å². The van der Waals surface area contributed by atoms with Crippen molar-refractivity contribution in [3.63, 3.8) is 0 Å². The van der Waals surface area contributed by atoms with Gasteiger partial charge in [0.2, 0.25) is 0 Å². The molecule has 0 aliphatic carbocycles. The molecule has 0 amide bonds. The van der Waals surface area contributed by atoms with E-state index in [-0.39, 0.29) is 11.7 Å². The van der Waals surface area contributed by atoms with Gasteiger partial charge < -0.3 is 5.32 Å². The molecule has 6 nitrogen and oxygen atoms in total. The maximum Gasteiger partial charge on any atom is 0.277 e. The minimum atomic E-state index is -0.396. The van der Waals surface area contributed by atoms with Gasteiger partial charge in [-0.1, -0.05) is 6.92 Å². The maximum absolute atomic E-state index is 10.9. The molecule has 1 N–H and O–H groups in total. The summed E-state index contributed by atoms with van der Waals surface area (Å²) in [5, 5.41) is 16.9. The molecule has 0 saturated heterocycles. The number of aromatic nitrogens is 2. The lowest BCUT2D eigenvalue weighted by molar-refractivity contribution is -0.385. The molecule has 2 heterocycles. The van der Waals surface area contributed by atoms with Crippen LogP contribution < -0.4 is 5.32 Å². The normalized spacial score (nSPS) is 12.1. The molecule has 19 heavy (non-hydrogen) atoms. The fraction of sp³-hybridized carbons (Fsp3) is 0.333. The van der Waals surface area contributed by atoms with Gasteiger partial charge in [-0.05, 0) is 13.3 Å². The maximum atomic E-state index is 10.9. The highest BCUT2D eigenvalue weighted by Crippen LogP contribution is 2.26. The summed E-state index contributed by atoms with van der Waals surface area (Å²) in [5.41, 5.74) is 0.629. The third-order valence-corrected chi connectivity index (χ3v) is 3.64. The topological polar surface area (TPSA) is 81.0 Å². The van der Waals surface area contributed by atoms with E-state index in [1.54, 1.807) is 24.5 Å². The van der Waals surface area contributed by atoms with Crippen molar-refractivity contribution in [2.75, 3.05) is 5.32 Å². The minimum absolute atomic E-state index is 0.0230. The molecule has 1 atom stereocenters. The van der Waals surface area contributed by atoms with Crippen molar-refractivity contribution in [1.29, 1.82) is 0 Å². The lowest BCUT2D eigenvalue weighted by atomic mass is 10.2. The predicted molar refractivity (Wildman–Crippen MR) is 74.4 cm³/mol. The van der Waals surface area contributed by atoms with Gasteiger partial charge >= 0.3 is 0 Å². The molecular weight excluding hydrogens is 264 g/mol. The van der Waals surface area contributed by atoms with Gasteiger partial charge in [0.15, 0.2) is 0 Å². The van der Waals surface area contributed by atoms with Crippen LogP contribution in [0.3, 0.4) is 0 Å². The van der Waals surface area contributed by atoms with E-state index in [2.05, 4.69) is 15.3 Å². The Morgan fingerprint density at radius 2 is 2.32 bits per heavy atom. The lowest BCUT2D eigenvalue weighted by Gasteiger charge is -2.15. The second-order valence-electron chi connectivity index (χ2n) is 4.09. The summed E-state index contributed by atoms with van der Waals surface area (Å²) in [6, 6.07) is 1.49. The molecule has 7 heteroatoms. The molecule has 0 saturated carbocycles. The molecular formula is C12H14N4O2S. The molecule has 1 unspecified atom stereocenters. The summed E-state index contributed by atoms with van der Waals surface area (Å²) in [5.74, 6) is 0.499. The molecule has 2 rings (SSSR count). The van der Waals surface area contributed by atoms with E-state index in [0.29, 0.717) is 11.4 Å². The molecule has 0 fully saturated rings. The Balaban J connectivity index is 2.23. The largest absolute Gasteiger partial charge is 0.361 e. The minimum Gasteiger partial charge on any atom is -0.361 e. The summed E-state index contributed by atoms with van der Waals surface area (Å²) < 4.78 is 0. The van der Waals surface area contributed by atoms with Crippen LogP contribution in [0, 0.1) is 17.0 Å². The highest BCUT2D eigenvalue weighted by molar-refractivity contribution is 7.09. The number of hydrogen-bond donors (Lipinski definition) is 1. The van der Waals surface area contributed by atoms with Gasteiger partial charge in [-0.3, -0.25) is 10.1 Å². The van der Waals surface area contributed by atoms with Gasteiger partial charge in [0.05, 0.1) is 17.0 Å². The number of aryl methyl sites for hydroxylation is 1. The van der Waals surface area contributed by atoms with Crippen LogP contribution in [-0.4, -0.2) is 14.9 Å². The van der Waals surface area contributed by atoms with E-state index < -0.39 is 4.92 Å². The Labute approximate surface area is 114 Å². The van der Waals surface area contributed by atoms with Crippen LogP contribution in [0.5, 0.6) is 0 Å². The average molecular weight is 278 g/mol. The van der Waals surface area contributed by atoms with Gasteiger partial charge in [-0.2, -0.15) is 0 Å². The van der Waals surface area contributed by atoms with Crippen molar-refractivity contribution >= 4 is 22.8 Å². The quantitative estimate of drug-likeness (QED) is 0.670. The standard InChI is InChI=1S/C12H14N4O2S/c1-3-9(12-13-4-5-19-12)15-11-6-10(16(17)18)8(2)7-14-11/h4-7,9H,3H2,1-2H3,(H,14,15). The molecule has 0 radical (unpaired) electrons. The summed E-state index contributed by atoms with van der Waals surface area (Å²) in [6.07, 6.45) is 4.08. The highest BCUT2D eigenvalue weighted by atomic mass is 32.1. The summed E-state index contributed by atoms with van der Waals surface area (Å²) in [6.45, 7) is 3.70. The van der Waals surface area contributed by atoms with E-state index in [4.69, 9.17) is 0 Å². The number of hydrogen-bond acceptors (Lipinski definition) is 6. The molecule has 0 aromatic carbocycles. The van der Waals surface area contributed by atoms with E-state index in [0.717, 1.165) is 11.4 Å². The lowest BCUT2D eigenvalue weighted by Crippen LogP contribution is -2.10. The number of nitrogens with zero attached hydrogens (tertiary/aromatic N) is 3. The first-order chi connectivity index (χ1) is 9.11. The second-order valence-corrected chi connectivity index (χ2v) is 5.01. The SMILES string of the molecule is CCC(Nc1cc([N+](=O)[O-])c(C)cn1)c1nccs1. The first-order valence-corrected chi connectivity index (χ1v) is 6.76. The van der Waals surface area contributed by atoms with Crippen LogP contribution in [0.15, 0.2) is 23.8 Å². The van der Waals surface area contributed by atoms with Crippen molar-refractivity contribution in [2.24, 2.45) is 0 Å². The molecule has 0 aliphatic heterocycles. The zero-order valence-corrected chi connectivity index (χ0v) is 11.5. The third kappa shape index (κ3) is 3.05. The fourth-order valence-corrected chi connectivity index (χ4v) is 2.48.